The first-order valence-corrected chi connectivity index (χ1v) is 10.3. The Morgan fingerprint density at radius 1 is 1.18 bits per heavy atom. The van der Waals surface area contributed by atoms with Gasteiger partial charge in [-0.2, -0.15) is 0 Å². The van der Waals surface area contributed by atoms with E-state index in [2.05, 4.69) is 9.88 Å². The summed E-state index contributed by atoms with van der Waals surface area (Å²) in [4.78, 5) is 34.9. The number of carbonyl (C=O) groups excluding carboxylic acids is 2. The van der Waals surface area contributed by atoms with Crippen molar-refractivity contribution in [2.45, 2.75) is 6.92 Å². The minimum atomic E-state index is -0.295. The molecule has 0 unspecified atom stereocenters. The Hall–Kier alpha value is -2.55. The molecule has 0 bridgehead atoms. The second-order valence-electron chi connectivity index (χ2n) is 6.94. The Morgan fingerprint density at radius 2 is 1.89 bits per heavy atom. The van der Waals surface area contributed by atoms with Crippen molar-refractivity contribution in [3.05, 3.63) is 18.2 Å². The summed E-state index contributed by atoms with van der Waals surface area (Å²) < 4.78 is 11.4. The Kier molecular flexibility index (Phi) is 5.25. The first kappa shape index (κ1) is 18.8. The van der Waals surface area contributed by atoms with E-state index in [0.29, 0.717) is 45.9 Å². The fourth-order valence-electron chi connectivity index (χ4n) is 3.53. The number of carbonyl (C=O) groups is 2. The molecule has 28 heavy (non-hydrogen) atoms. The van der Waals surface area contributed by atoms with Crippen molar-refractivity contribution in [2.24, 2.45) is 5.92 Å². The van der Waals surface area contributed by atoms with Crippen LogP contribution < -0.4 is 9.64 Å². The van der Waals surface area contributed by atoms with Crippen LogP contribution in [0.4, 0.5) is 9.93 Å². The summed E-state index contributed by atoms with van der Waals surface area (Å²) in [5.74, 6) is 0.959. The minimum Gasteiger partial charge on any atom is -0.497 e. The zero-order chi connectivity index (χ0) is 19.7. The summed E-state index contributed by atoms with van der Waals surface area (Å²) in [5, 5.41) is 0.944. The topological polar surface area (TPSA) is 75.2 Å². The first-order chi connectivity index (χ1) is 13.6. The number of amides is 2. The molecule has 2 fully saturated rings. The van der Waals surface area contributed by atoms with Gasteiger partial charge in [0, 0.05) is 45.3 Å². The molecule has 0 aliphatic carbocycles. The lowest BCUT2D eigenvalue weighted by Crippen LogP contribution is -2.58. The van der Waals surface area contributed by atoms with Gasteiger partial charge in [0.15, 0.2) is 5.13 Å². The Morgan fingerprint density at radius 3 is 2.57 bits per heavy atom. The number of ether oxygens (including phenoxy) is 2. The summed E-state index contributed by atoms with van der Waals surface area (Å²) in [6.45, 7) is 5.73. The minimum absolute atomic E-state index is 0.00399. The van der Waals surface area contributed by atoms with E-state index in [1.807, 2.05) is 23.1 Å². The molecule has 0 saturated carbocycles. The molecule has 4 rings (SSSR count). The molecule has 0 radical (unpaired) electrons. The van der Waals surface area contributed by atoms with E-state index in [1.54, 1.807) is 30.3 Å². The number of hydrogen-bond acceptors (Lipinski definition) is 7. The van der Waals surface area contributed by atoms with Gasteiger partial charge in [-0.3, -0.25) is 4.79 Å². The quantitative estimate of drug-likeness (QED) is 0.776. The predicted molar refractivity (Wildman–Crippen MR) is 107 cm³/mol. The van der Waals surface area contributed by atoms with Crippen molar-refractivity contribution < 1.29 is 19.1 Å². The highest BCUT2D eigenvalue weighted by atomic mass is 32.1. The van der Waals surface area contributed by atoms with E-state index in [-0.39, 0.29) is 17.9 Å². The lowest BCUT2D eigenvalue weighted by Gasteiger charge is -2.42. The van der Waals surface area contributed by atoms with Gasteiger partial charge in [-0.05, 0) is 19.1 Å². The molecule has 2 saturated heterocycles. The van der Waals surface area contributed by atoms with Crippen LogP contribution in [0.15, 0.2) is 18.2 Å². The van der Waals surface area contributed by atoms with Crippen LogP contribution in [0.2, 0.25) is 0 Å². The molecular weight excluding hydrogens is 380 g/mol. The van der Waals surface area contributed by atoms with Gasteiger partial charge in [0.05, 0.1) is 29.9 Å². The molecule has 2 amide bonds. The number of aromatic nitrogens is 1. The van der Waals surface area contributed by atoms with Crippen LogP contribution in [0, 0.1) is 5.92 Å². The number of methoxy groups -OCH3 is 1. The van der Waals surface area contributed by atoms with Crippen molar-refractivity contribution in [1.29, 1.82) is 0 Å². The number of nitrogens with zero attached hydrogens (tertiary/aromatic N) is 4. The van der Waals surface area contributed by atoms with Crippen LogP contribution in [0.25, 0.3) is 10.2 Å². The fourth-order valence-corrected chi connectivity index (χ4v) is 4.49. The molecule has 0 atom stereocenters. The summed E-state index contributed by atoms with van der Waals surface area (Å²) >= 11 is 1.63. The van der Waals surface area contributed by atoms with E-state index in [1.165, 1.54) is 0 Å². The highest BCUT2D eigenvalue weighted by Gasteiger charge is 2.38. The van der Waals surface area contributed by atoms with Crippen molar-refractivity contribution in [1.82, 2.24) is 14.8 Å². The second kappa shape index (κ2) is 7.83. The normalized spacial score (nSPS) is 17.6. The average Bonchev–Trinajstić information content (AvgIpc) is 3.09. The van der Waals surface area contributed by atoms with Crippen LogP contribution >= 0.6 is 11.3 Å². The van der Waals surface area contributed by atoms with Crippen LogP contribution in [0.3, 0.4) is 0 Å². The van der Waals surface area contributed by atoms with Gasteiger partial charge in [-0.1, -0.05) is 11.3 Å². The van der Waals surface area contributed by atoms with Gasteiger partial charge < -0.3 is 24.2 Å². The molecule has 2 aliphatic heterocycles. The lowest BCUT2D eigenvalue weighted by molar-refractivity contribution is -0.138. The maximum atomic E-state index is 12.7. The van der Waals surface area contributed by atoms with Crippen molar-refractivity contribution in [2.75, 3.05) is 57.9 Å². The number of rotatable bonds is 4. The molecule has 8 nitrogen and oxygen atoms in total. The van der Waals surface area contributed by atoms with Gasteiger partial charge in [0.1, 0.15) is 5.75 Å². The third-order valence-corrected chi connectivity index (χ3v) is 6.30. The van der Waals surface area contributed by atoms with E-state index in [0.717, 1.165) is 21.1 Å². The lowest BCUT2D eigenvalue weighted by atomic mass is 9.99. The summed E-state index contributed by atoms with van der Waals surface area (Å²) in [5.41, 5.74) is 0.921. The molecular formula is C19H24N4O4S. The molecule has 9 heteroatoms. The first-order valence-electron chi connectivity index (χ1n) is 9.49. The number of benzene rings is 1. The Labute approximate surface area is 167 Å². The van der Waals surface area contributed by atoms with Gasteiger partial charge in [-0.25, -0.2) is 9.78 Å². The summed E-state index contributed by atoms with van der Waals surface area (Å²) in [6.07, 6.45) is -0.295. The average molecular weight is 404 g/mol. The van der Waals surface area contributed by atoms with Crippen LogP contribution in [-0.4, -0.2) is 79.8 Å². The third-order valence-electron chi connectivity index (χ3n) is 5.20. The molecule has 0 spiro atoms. The predicted octanol–water partition coefficient (Wildman–Crippen LogP) is 2.04. The second-order valence-corrected chi connectivity index (χ2v) is 7.95. The Balaban J connectivity index is 1.30. The largest absolute Gasteiger partial charge is 0.497 e. The maximum absolute atomic E-state index is 12.7. The number of thiazole rings is 1. The standard InChI is InChI=1S/C19H24N4O4S/c1-3-27-19(25)22-8-6-21(7-9-22)17(24)13-11-23(12-13)18-20-15-10-14(26-2)4-5-16(15)28-18/h4-5,10,13H,3,6-9,11-12H2,1-2H3. The number of hydrogen-bond donors (Lipinski definition) is 0. The fraction of sp³-hybridized carbons (Fsp3) is 0.526. The van der Waals surface area contributed by atoms with Gasteiger partial charge in [-0.15, -0.1) is 0 Å². The van der Waals surface area contributed by atoms with E-state index in [4.69, 9.17) is 9.47 Å². The van der Waals surface area contributed by atoms with Crippen LogP contribution in [-0.2, 0) is 9.53 Å². The zero-order valence-electron chi connectivity index (χ0n) is 16.1. The van der Waals surface area contributed by atoms with E-state index >= 15 is 0 Å². The highest BCUT2D eigenvalue weighted by molar-refractivity contribution is 7.22. The molecule has 1 aromatic carbocycles. The molecule has 1 aromatic heterocycles. The molecule has 2 aromatic rings. The van der Waals surface area contributed by atoms with E-state index in [9.17, 15) is 9.59 Å². The zero-order valence-corrected chi connectivity index (χ0v) is 16.9. The monoisotopic (exact) mass is 404 g/mol. The van der Waals surface area contributed by atoms with Gasteiger partial charge in [0.25, 0.3) is 0 Å². The number of anilines is 1. The molecule has 150 valence electrons. The van der Waals surface area contributed by atoms with Crippen molar-refractivity contribution >= 4 is 38.7 Å². The molecule has 0 N–H and O–H groups in total. The van der Waals surface area contributed by atoms with Crippen molar-refractivity contribution in [3.8, 4) is 5.75 Å². The van der Waals surface area contributed by atoms with Gasteiger partial charge in [0.2, 0.25) is 5.91 Å². The number of fused-ring (bicyclic) bond motifs is 1. The summed E-state index contributed by atoms with van der Waals surface area (Å²) in [6, 6.07) is 5.88. The SMILES string of the molecule is CCOC(=O)N1CCN(C(=O)C2CN(c3nc4cc(OC)ccc4s3)C2)CC1. The smallest absolute Gasteiger partial charge is 0.409 e. The number of piperazine rings is 1. The van der Waals surface area contributed by atoms with Crippen LogP contribution in [0.5, 0.6) is 5.75 Å². The van der Waals surface area contributed by atoms with Crippen LogP contribution in [0.1, 0.15) is 6.92 Å². The maximum Gasteiger partial charge on any atom is 0.409 e. The molecule has 3 heterocycles. The third kappa shape index (κ3) is 3.58. The highest BCUT2D eigenvalue weighted by Crippen LogP contribution is 2.34. The molecule has 2 aliphatic rings. The Bertz CT molecular complexity index is 872. The van der Waals surface area contributed by atoms with E-state index < -0.39 is 0 Å². The van der Waals surface area contributed by atoms with Gasteiger partial charge >= 0.3 is 6.09 Å². The summed E-state index contributed by atoms with van der Waals surface area (Å²) in [7, 11) is 1.65. The van der Waals surface area contributed by atoms with Crippen molar-refractivity contribution in [3.63, 3.8) is 0 Å².